The molecule has 0 atom stereocenters. The van der Waals surface area contributed by atoms with Crippen LogP contribution in [-0.2, 0) is 11.2 Å². The first-order valence-electron chi connectivity index (χ1n) is 8.76. The third-order valence-electron chi connectivity index (χ3n) is 3.95. The molecule has 0 aliphatic carbocycles. The Morgan fingerprint density at radius 3 is 2.93 bits per heavy atom. The quantitative estimate of drug-likeness (QED) is 0.620. The van der Waals surface area contributed by atoms with Crippen LogP contribution in [0.3, 0.4) is 0 Å². The zero-order chi connectivity index (χ0) is 19.1. The molecule has 0 bridgehead atoms. The summed E-state index contributed by atoms with van der Waals surface area (Å²) >= 11 is 0. The average Bonchev–Trinajstić information content (AvgIpc) is 3.10. The van der Waals surface area contributed by atoms with Crippen LogP contribution in [0.2, 0.25) is 0 Å². The van der Waals surface area contributed by atoms with Crippen molar-refractivity contribution in [2.45, 2.75) is 13.3 Å². The van der Waals surface area contributed by atoms with Crippen LogP contribution in [0.25, 0.3) is 11.7 Å². The van der Waals surface area contributed by atoms with Crippen LogP contribution in [0.15, 0.2) is 48.7 Å². The summed E-state index contributed by atoms with van der Waals surface area (Å²) in [6, 6.07) is 11.3. The van der Waals surface area contributed by atoms with Gasteiger partial charge in [-0.25, -0.2) is 0 Å². The number of carbonyl (C=O) groups is 1. The van der Waals surface area contributed by atoms with E-state index in [1.54, 1.807) is 13.2 Å². The Hall–Kier alpha value is -3.35. The van der Waals surface area contributed by atoms with E-state index >= 15 is 0 Å². The molecule has 27 heavy (non-hydrogen) atoms. The normalized spacial score (nSPS) is 11.0. The van der Waals surface area contributed by atoms with Crippen LogP contribution in [0.4, 0.5) is 0 Å². The summed E-state index contributed by atoms with van der Waals surface area (Å²) in [5.74, 6) is 1.96. The van der Waals surface area contributed by atoms with Gasteiger partial charge in [-0.2, -0.15) is 0 Å². The minimum atomic E-state index is -0.169. The lowest BCUT2D eigenvalue weighted by atomic mass is 10.2. The first-order valence-corrected chi connectivity index (χ1v) is 8.76. The fourth-order valence-electron chi connectivity index (χ4n) is 2.66. The number of hydrogen-bond acceptors (Lipinski definition) is 5. The number of amides is 1. The molecule has 2 aromatic heterocycles. The Balaban J connectivity index is 1.55. The molecule has 0 radical (unpaired) electrons. The van der Waals surface area contributed by atoms with Crippen LogP contribution in [0, 0.1) is 0 Å². The smallest absolute Gasteiger partial charge is 0.244 e. The Morgan fingerprint density at radius 1 is 1.22 bits per heavy atom. The summed E-state index contributed by atoms with van der Waals surface area (Å²) in [6.07, 6.45) is 5.75. The molecule has 7 heteroatoms. The van der Waals surface area contributed by atoms with Gasteiger partial charge in [0.25, 0.3) is 0 Å². The van der Waals surface area contributed by atoms with E-state index in [-0.39, 0.29) is 5.91 Å². The SMILES string of the molecule is CCOc1cc(C=CC(=O)NCCc2nnc3ccccn23)ccc1OC. The van der Waals surface area contributed by atoms with Crippen molar-refractivity contribution in [3.8, 4) is 11.5 Å². The highest BCUT2D eigenvalue weighted by atomic mass is 16.5. The molecule has 7 nitrogen and oxygen atoms in total. The molecular formula is C20H22N4O3. The Labute approximate surface area is 157 Å². The summed E-state index contributed by atoms with van der Waals surface area (Å²) in [7, 11) is 1.60. The van der Waals surface area contributed by atoms with Gasteiger partial charge in [-0.05, 0) is 42.8 Å². The van der Waals surface area contributed by atoms with Gasteiger partial charge in [0, 0.05) is 25.2 Å². The molecule has 1 amide bonds. The largest absolute Gasteiger partial charge is 0.493 e. The van der Waals surface area contributed by atoms with E-state index < -0.39 is 0 Å². The van der Waals surface area contributed by atoms with E-state index in [9.17, 15) is 4.79 Å². The minimum Gasteiger partial charge on any atom is -0.493 e. The van der Waals surface area contributed by atoms with Crippen molar-refractivity contribution in [3.05, 3.63) is 60.1 Å². The van der Waals surface area contributed by atoms with Gasteiger partial charge in [-0.1, -0.05) is 12.1 Å². The summed E-state index contributed by atoms with van der Waals surface area (Å²) < 4.78 is 12.7. The van der Waals surface area contributed by atoms with Gasteiger partial charge in [0.05, 0.1) is 13.7 Å². The molecule has 0 aliphatic heterocycles. The number of benzene rings is 1. The predicted octanol–water partition coefficient (Wildman–Crippen LogP) is 2.51. The minimum absolute atomic E-state index is 0.169. The lowest BCUT2D eigenvalue weighted by Gasteiger charge is -2.09. The first-order chi connectivity index (χ1) is 13.2. The van der Waals surface area contributed by atoms with Crippen LogP contribution in [0.5, 0.6) is 11.5 Å². The van der Waals surface area contributed by atoms with E-state index in [4.69, 9.17) is 9.47 Å². The van der Waals surface area contributed by atoms with Crippen LogP contribution in [-0.4, -0.2) is 40.8 Å². The standard InChI is InChI=1S/C20H22N4O3/c1-3-27-17-14-15(7-9-16(17)26-2)8-10-20(25)21-12-11-19-23-22-18-6-4-5-13-24(18)19/h4-10,13-14H,3,11-12H2,1-2H3,(H,21,25). The molecule has 0 saturated carbocycles. The van der Waals surface area contributed by atoms with Crippen molar-refractivity contribution in [2.24, 2.45) is 0 Å². The van der Waals surface area contributed by atoms with E-state index in [0.29, 0.717) is 31.1 Å². The van der Waals surface area contributed by atoms with E-state index in [1.807, 2.05) is 53.9 Å². The lowest BCUT2D eigenvalue weighted by Crippen LogP contribution is -2.24. The highest BCUT2D eigenvalue weighted by Gasteiger charge is 2.06. The van der Waals surface area contributed by atoms with Gasteiger partial charge >= 0.3 is 0 Å². The fraction of sp³-hybridized carbons (Fsp3) is 0.250. The van der Waals surface area contributed by atoms with E-state index in [1.165, 1.54) is 6.08 Å². The van der Waals surface area contributed by atoms with Crippen molar-refractivity contribution in [2.75, 3.05) is 20.3 Å². The number of nitrogens with one attached hydrogen (secondary N) is 1. The fourth-order valence-corrected chi connectivity index (χ4v) is 2.66. The van der Waals surface area contributed by atoms with Crippen LogP contribution >= 0.6 is 0 Å². The van der Waals surface area contributed by atoms with Crippen molar-refractivity contribution >= 4 is 17.6 Å². The number of aromatic nitrogens is 3. The third-order valence-corrected chi connectivity index (χ3v) is 3.95. The summed E-state index contributed by atoms with van der Waals surface area (Å²) in [6.45, 7) is 2.93. The monoisotopic (exact) mass is 366 g/mol. The van der Waals surface area contributed by atoms with Gasteiger partial charge in [0.2, 0.25) is 5.91 Å². The third kappa shape index (κ3) is 4.63. The number of rotatable bonds is 8. The van der Waals surface area contributed by atoms with Crippen LogP contribution in [0.1, 0.15) is 18.3 Å². The van der Waals surface area contributed by atoms with Crippen LogP contribution < -0.4 is 14.8 Å². The number of pyridine rings is 1. The Morgan fingerprint density at radius 2 is 2.11 bits per heavy atom. The molecule has 0 unspecified atom stereocenters. The molecule has 3 aromatic rings. The molecular weight excluding hydrogens is 344 g/mol. The zero-order valence-electron chi connectivity index (χ0n) is 15.4. The number of carbonyl (C=O) groups excluding carboxylic acids is 1. The second-order valence-electron chi connectivity index (χ2n) is 5.76. The van der Waals surface area contributed by atoms with Gasteiger partial charge in [-0.3, -0.25) is 9.20 Å². The molecule has 1 aromatic carbocycles. The molecule has 2 heterocycles. The topological polar surface area (TPSA) is 77.8 Å². The van der Waals surface area contributed by atoms with E-state index in [0.717, 1.165) is 17.0 Å². The van der Waals surface area contributed by atoms with Crippen molar-refractivity contribution in [1.82, 2.24) is 19.9 Å². The molecule has 3 rings (SSSR count). The molecule has 0 spiro atoms. The predicted molar refractivity (Wildman–Crippen MR) is 103 cm³/mol. The van der Waals surface area contributed by atoms with Gasteiger partial charge in [0.1, 0.15) is 5.82 Å². The van der Waals surface area contributed by atoms with Crippen molar-refractivity contribution in [3.63, 3.8) is 0 Å². The number of hydrogen-bond donors (Lipinski definition) is 1. The summed E-state index contributed by atoms with van der Waals surface area (Å²) in [5.41, 5.74) is 1.65. The highest BCUT2D eigenvalue weighted by Crippen LogP contribution is 2.28. The molecule has 0 fully saturated rings. The van der Waals surface area contributed by atoms with Gasteiger partial charge in [-0.15, -0.1) is 10.2 Å². The maximum atomic E-state index is 12.0. The average molecular weight is 366 g/mol. The lowest BCUT2D eigenvalue weighted by molar-refractivity contribution is -0.116. The second-order valence-corrected chi connectivity index (χ2v) is 5.76. The zero-order valence-corrected chi connectivity index (χ0v) is 15.4. The number of methoxy groups -OCH3 is 1. The molecule has 1 N–H and O–H groups in total. The maximum absolute atomic E-state index is 12.0. The summed E-state index contributed by atoms with van der Waals surface area (Å²) in [4.78, 5) is 12.0. The maximum Gasteiger partial charge on any atom is 0.244 e. The van der Waals surface area contributed by atoms with Gasteiger partial charge < -0.3 is 14.8 Å². The number of fused-ring (bicyclic) bond motifs is 1. The van der Waals surface area contributed by atoms with E-state index in [2.05, 4.69) is 15.5 Å². The molecule has 0 saturated heterocycles. The number of nitrogens with zero attached hydrogens (tertiary/aromatic N) is 3. The first kappa shape index (κ1) is 18.4. The highest BCUT2D eigenvalue weighted by molar-refractivity contribution is 5.91. The van der Waals surface area contributed by atoms with Gasteiger partial charge in [0.15, 0.2) is 17.1 Å². The van der Waals surface area contributed by atoms with Crippen molar-refractivity contribution < 1.29 is 14.3 Å². The molecule has 140 valence electrons. The Bertz CT molecular complexity index is 949. The summed E-state index contributed by atoms with van der Waals surface area (Å²) in [5, 5.41) is 11.1. The number of ether oxygens (including phenoxy) is 2. The Kier molecular flexibility index (Phi) is 6.04. The van der Waals surface area contributed by atoms with Crippen molar-refractivity contribution in [1.29, 1.82) is 0 Å². The second kappa shape index (κ2) is 8.84. The molecule has 0 aliphatic rings.